The van der Waals surface area contributed by atoms with Crippen LogP contribution in [0.3, 0.4) is 0 Å². The molecule has 2 rings (SSSR count). The fourth-order valence-electron chi connectivity index (χ4n) is 1.84. The molecule has 0 amide bonds. The standard InChI is InChI=1S/C15H17NO2S/c1-12-3-4-14(11-16-12)6-5-13-7-9-15(10-8-13)19(2,17)18/h3-4,7-11H,5-6H2,1-2H3. The van der Waals surface area contributed by atoms with Crippen LogP contribution >= 0.6 is 0 Å². The molecule has 4 heteroatoms. The predicted molar refractivity (Wildman–Crippen MR) is 75.9 cm³/mol. The van der Waals surface area contributed by atoms with Gasteiger partial charge in [-0.3, -0.25) is 4.98 Å². The number of nitrogens with zero attached hydrogens (tertiary/aromatic N) is 1. The van der Waals surface area contributed by atoms with Crippen LogP contribution in [-0.2, 0) is 22.7 Å². The number of rotatable bonds is 4. The van der Waals surface area contributed by atoms with Crippen molar-refractivity contribution in [3.63, 3.8) is 0 Å². The maximum atomic E-state index is 11.3. The number of hydrogen-bond donors (Lipinski definition) is 0. The van der Waals surface area contributed by atoms with Crippen LogP contribution in [0, 0.1) is 6.92 Å². The maximum absolute atomic E-state index is 11.3. The first-order chi connectivity index (χ1) is 8.95. The van der Waals surface area contributed by atoms with Crippen molar-refractivity contribution >= 4 is 9.84 Å². The zero-order valence-corrected chi connectivity index (χ0v) is 11.9. The Morgan fingerprint density at radius 2 is 1.53 bits per heavy atom. The van der Waals surface area contributed by atoms with Gasteiger partial charge in [0.15, 0.2) is 9.84 Å². The number of pyridine rings is 1. The molecule has 19 heavy (non-hydrogen) atoms. The van der Waals surface area contributed by atoms with Crippen molar-refractivity contribution < 1.29 is 8.42 Å². The second kappa shape index (κ2) is 5.53. The molecule has 0 spiro atoms. The summed E-state index contributed by atoms with van der Waals surface area (Å²) < 4.78 is 22.7. The Labute approximate surface area is 114 Å². The van der Waals surface area contributed by atoms with E-state index in [1.807, 2.05) is 31.3 Å². The molecule has 0 aliphatic rings. The van der Waals surface area contributed by atoms with Gasteiger partial charge in [-0.05, 0) is 49.1 Å². The quantitative estimate of drug-likeness (QED) is 0.861. The Hall–Kier alpha value is -1.68. The molecule has 1 heterocycles. The summed E-state index contributed by atoms with van der Waals surface area (Å²) in [4.78, 5) is 4.63. The van der Waals surface area contributed by atoms with Gasteiger partial charge < -0.3 is 0 Å². The van der Waals surface area contributed by atoms with Crippen LogP contribution < -0.4 is 0 Å². The summed E-state index contributed by atoms with van der Waals surface area (Å²) in [5.74, 6) is 0. The number of hydrogen-bond acceptors (Lipinski definition) is 3. The Morgan fingerprint density at radius 3 is 2.05 bits per heavy atom. The fraction of sp³-hybridized carbons (Fsp3) is 0.267. The minimum atomic E-state index is -3.10. The van der Waals surface area contributed by atoms with Crippen molar-refractivity contribution in [1.29, 1.82) is 0 Å². The van der Waals surface area contributed by atoms with Crippen LogP contribution in [0.5, 0.6) is 0 Å². The van der Waals surface area contributed by atoms with Crippen molar-refractivity contribution in [3.05, 3.63) is 59.4 Å². The molecule has 1 aromatic heterocycles. The molecule has 0 aliphatic heterocycles. The van der Waals surface area contributed by atoms with Crippen LogP contribution in [0.15, 0.2) is 47.5 Å². The van der Waals surface area contributed by atoms with E-state index in [-0.39, 0.29) is 0 Å². The lowest BCUT2D eigenvalue weighted by Gasteiger charge is -2.04. The summed E-state index contributed by atoms with van der Waals surface area (Å²) in [6, 6.07) is 11.2. The molecular formula is C15H17NO2S. The molecule has 0 aliphatic carbocycles. The Balaban J connectivity index is 2.02. The van der Waals surface area contributed by atoms with Gasteiger partial charge in [-0.2, -0.15) is 0 Å². The number of aryl methyl sites for hydroxylation is 3. The van der Waals surface area contributed by atoms with Gasteiger partial charge >= 0.3 is 0 Å². The first kappa shape index (κ1) is 13.7. The van der Waals surface area contributed by atoms with Crippen LogP contribution in [0.4, 0.5) is 0 Å². The van der Waals surface area contributed by atoms with Gasteiger partial charge in [0, 0.05) is 18.1 Å². The van der Waals surface area contributed by atoms with Gasteiger partial charge in [0.25, 0.3) is 0 Å². The molecule has 0 saturated heterocycles. The number of benzene rings is 1. The summed E-state index contributed by atoms with van der Waals surface area (Å²) in [6.45, 7) is 1.97. The molecule has 0 saturated carbocycles. The molecule has 2 aromatic rings. The zero-order valence-electron chi connectivity index (χ0n) is 11.1. The molecule has 0 unspecified atom stereocenters. The van der Waals surface area contributed by atoms with E-state index in [0.717, 1.165) is 24.1 Å². The third-order valence-electron chi connectivity index (χ3n) is 3.03. The first-order valence-corrected chi connectivity index (χ1v) is 8.05. The normalized spacial score (nSPS) is 11.5. The van der Waals surface area contributed by atoms with E-state index in [0.29, 0.717) is 4.90 Å². The second-order valence-electron chi connectivity index (χ2n) is 4.72. The summed E-state index contributed by atoms with van der Waals surface area (Å²) >= 11 is 0. The van der Waals surface area contributed by atoms with Crippen LogP contribution in [0.2, 0.25) is 0 Å². The van der Waals surface area contributed by atoms with E-state index in [2.05, 4.69) is 11.1 Å². The largest absolute Gasteiger partial charge is 0.261 e. The lowest BCUT2D eigenvalue weighted by Crippen LogP contribution is -1.98. The average molecular weight is 275 g/mol. The van der Waals surface area contributed by atoms with Crippen LogP contribution in [-0.4, -0.2) is 19.7 Å². The Bertz CT molecular complexity index is 644. The van der Waals surface area contributed by atoms with E-state index in [4.69, 9.17) is 0 Å². The van der Waals surface area contributed by atoms with Crippen LogP contribution in [0.25, 0.3) is 0 Å². The fourth-order valence-corrected chi connectivity index (χ4v) is 2.47. The molecule has 0 atom stereocenters. The molecular weight excluding hydrogens is 258 g/mol. The minimum absolute atomic E-state index is 0.369. The van der Waals surface area contributed by atoms with Gasteiger partial charge in [-0.25, -0.2) is 8.42 Å². The molecule has 0 bridgehead atoms. The Morgan fingerprint density at radius 1 is 0.947 bits per heavy atom. The lowest BCUT2D eigenvalue weighted by atomic mass is 10.1. The van der Waals surface area contributed by atoms with E-state index in [1.54, 1.807) is 12.1 Å². The second-order valence-corrected chi connectivity index (χ2v) is 6.74. The summed E-state index contributed by atoms with van der Waals surface area (Å²) in [5, 5.41) is 0. The zero-order chi connectivity index (χ0) is 13.9. The van der Waals surface area contributed by atoms with Crippen molar-refractivity contribution in [1.82, 2.24) is 4.98 Å². The molecule has 100 valence electrons. The van der Waals surface area contributed by atoms with E-state index in [9.17, 15) is 8.42 Å². The molecule has 0 N–H and O–H groups in total. The van der Waals surface area contributed by atoms with Crippen molar-refractivity contribution in [2.24, 2.45) is 0 Å². The van der Waals surface area contributed by atoms with E-state index in [1.165, 1.54) is 11.8 Å². The summed E-state index contributed by atoms with van der Waals surface area (Å²) in [5.41, 5.74) is 3.34. The summed E-state index contributed by atoms with van der Waals surface area (Å²) in [7, 11) is -3.10. The third kappa shape index (κ3) is 3.89. The predicted octanol–water partition coefficient (Wildman–Crippen LogP) is 2.58. The highest BCUT2D eigenvalue weighted by atomic mass is 32.2. The highest BCUT2D eigenvalue weighted by Gasteiger charge is 2.06. The Kier molecular flexibility index (Phi) is 4.00. The SMILES string of the molecule is Cc1ccc(CCc2ccc(S(C)(=O)=O)cc2)cn1. The first-order valence-electron chi connectivity index (χ1n) is 6.16. The van der Waals surface area contributed by atoms with Gasteiger partial charge in [0.05, 0.1) is 4.90 Å². The number of sulfone groups is 1. The van der Waals surface area contributed by atoms with Crippen molar-refractivity contribution in [2.45, 2.75) is 24.7 Å². The van der Waals surface area contributed by atoms with Crippen LogP contribution in [0.1, 0.15) is 16.8 Å². The van der Waals surface area contributed by atoms with Gasteiger partial charge in [0.1, 0.15) is 0 Å². The van der Waals surface area contributed by atoms with Gasteiger partial charge in [-0.15, -0.1) is 0 Å². The highest BCUT2D eigenvalue weighted by Crippen LogP contribution is 2.12. The topological polar surface area (TPSA) is 47.0 Å². The third-order valence-corrected chi connectivity index (χ3v) is 4.15. The van der Waals surface area contributed by atoms with Gasteiger partial charge in [-0.1, -0.05) is 18.2 Å². The molecule has 0 radical (unpaired) electrons. The minimum Gasteiger partial charge on any atom is -0.261 e. The van der Waals surface area contributed by atoms with E-state index >= 15 is 0 Å². The lowest BCUT2D eigenvalue weighted by molar-refractivity contribution is 0.602. The number of aromatic nitrogens is 1. The maximum Gasteiger partial charge on any atom is 0.175 e. The van der Waals surface area contributed by atoms with E-state index < -0.39 is 9.84 Å². The average Bonchev–Trinajstić information content (AvgIpc) is 2.37. The van der Waals surface area contributed by atoms with Crippen molar-refractivity contribution in [2.75, 3.05) is 6.26 Å². The monoisotopic (exact) mass is 275 g/mol. The molecule has 3 nitrogen and oxygen atoms in total. The molecule has 0 fully saturated rings. The highest BCUT2D eigenvalue weighted by molar-refractivity contribution is 7.90. The van der Waals surface area contributed by atoms with Crippen molar-refractivity contribution in [3.8, 4) is 0 Å². The van der Waals surface area contributed by atoms with Gasteiger partial charge in [0.2, 0.25) is 0 Å². The molecule has 1 aromatic carbocycles. The summed E-state index contributed by atoms with van der Waals surface area (Å²) in [6.07, 6.45) is 4.90. The smallest absolute Gasteiger partial charge is 0.175 e.